The summed E-state index contributed by atoms with van der Waals surface area (Å²) in [5.74, 6) is 0.677. The van der Waals surface area contributed by atoms with Crippen LogP contribution in [-0.4, -0.2) is 28.8 Å². The summed E-state index contributed by atoms with van der Waals surface area (Å²) in [5, 5.41) is 19.7. The lowest BCUT2D eigenvalue weighted by Gasteiger charge is -2.18. The summed E-state index contributed by atoms with van der Waals surface area (Å²) in [5.41, 5.74) is 1.63. The minimum atomic E-state index is -0.889. The molecule has 0 radical (unpaired) electrons. The maximum atomic E-state index is 9.85. The van der Waals surface area contributed by atoms with E-state index in [4.69, 9.17) is 4.74 Å². The van der Waals surface area contributed by atoms with Crippen molar-refractivity contribution in [2.75, 3.05) is 12.4 Å². The van der Waals surface area contributed by atoms with Crippen LogP contribution in [0.25, 0.3) is 0 Å². The molecular formula is C11H15BrO3. The molecule has 0 aliphatic heterocycles. The van der Waals surface area contributed by atoms with Gasteiger partial charge in [0, 0.05) is 5.33 Å². The first-order chi connectivity index (χ1) is 7.10. The molecule has 2 unspecified atom stereocenters. The van der Waals surface area contributed by atoms with Crippen molar-refractivity contribution in [3.05, 3.63) is 29.3 Å². The average molecular weight is 275 g/mol. The molecule has 15 heavy (non-hydrogen) atoms. The van der Waals surface area contributed by atoms with Crippen LogP contribution in [0.3, 0.4) is 0 Å². The second-order valence-corrected chi connectivity index (χ2v) is 4.04. The van der Waals surface area contributed by atoms with Crippen molar-refractivity contribution in [1.29, 1.82) is 0 Å². The lowest BCUT2D eigenvalue weighted by molar-refractivity contribution is 0.0337. The molecular weight excluding hydrogens is 260 g/mol. The molecule has 4 heteroatoms. The van der Waals surface area contributed by atoms with Gasteiger partial charge >= 0.3 is 0 Å². The zero-order chi connectivity index (χ0) is 11.4. The van der Waals surface area contributed by atoms with Gasteiger partial charge in [0.1, 0.15) is 11.9 Å². The van der Waals surface area contributed by atoms with Crippen molar-refractivity contribution < 1.29 is 14.9 Å². The van der Waals surface area contributed by atoms with Gasteiger partial charge in [-0.2, -0.15) is 0 Å². The fourth-order valence-corrected chi connectivity index (χ4v) is 1.71. The number of methoxy groups -OCH3 is 1. The smallest absolute Gasteiger partial charge is 0.119 e. The van der Waals surface area contributed by atoms with E-state index in [1.54, 1.807) is 13.2 Å². The Kier molecular flexibility index (Phi) is 4.57. The summed E-state index contributed by atoms with van der Waals surface area (Å²) in [6, 6.07) is 5.43. The summed E-state index contributed by atoms with van der Waals surface area (Å²) in [6.07, 6.45) is -1.70. The van der Waals surface area contributed by atoms with E-state index < -0.39 is 12.2 Å². The van der Waals surface area contributed by atoms with Gasteiger partial charge in [-0.05, 0) is 30.2 Å². The Morgan fingerprint density at radius 2 is 2.07 bits per heavy atom. The normalized spacial score (nSPS) is 14.7. The maximum Gasteiger partial charge on any atom is 0.119 e. The largest absolute Gasteiger partial charge is 0.497 e. The topological polar surface area (TPSA) is 49.7 Å². The second kappa shape index (κ2) is 5.49. The first-order valence-electron chi connectivity index (χ1n) is 4.66. The Morgan fingerprint density at radius 3 is 2.60 bits per heavy atom. The van der Waals surface area contributed by atoms with Gasteiger partial charge in [0.15, 0.2) is 0 Å². The molecule has 0 spiro atoms. The van der Waals surface area contributed by atoms with E-state index in [1.165, 1.54) is 0 Å². The van der Waals surface area contributed by atoms with Crippen molar-refractivity contribution in [2.45, 2.75) is 19.1 Å². The number of ether oxygens (including phenoxy) is 1. The number of benzene rings is 1. The first kappa shape index (κ1) is 12.5. The van der Waals surface area contributed by atoms with Gasteiger partial charge in [0.25, 0.3) is 0 Å². The molecule has 0 saturated heterocycles. The average Bonchev–Trinajstić information content (AvgIpc) is 2.27. The highest BCUT2D eigenvalue weighted by Crippen LogP contribution is 2.25. The van der Waals surface area contributed by atoms with Crippen LogP contribution in [0.5, 0.6) is 5.75 Å². The van der Waals surface area contributed by atoms with Crippen LogP contribution in [0, 0.1) is 6.92 Å². The monoisotopic (exact) mass is 274 g/mol. The number of rotatable bonds is 4. The van der Waals surface area contributed by atoms with Crippen molar-refractivity contribution >= 4 is 15.9 Å². The van der Waals surface area contributed by atoms with Crippen LogP contribution in [0.15, 0.2) is 18.2 Å². The van der Waals surface area contributed by atoms with Gasteiger partial charge in [-0.3, -0.25) is 0 Å². The van der Waals surface area contributed by atoms with E-state index >= 15 is 0 Å². The summed E-state index contributed by atoms with van der Waals surface area (Å²) in [7, 11) is 1.57. The highest BCUT2D eigenvalue weighted by atomic mass is 79.9. The van der Waals surface area contributed by atoms with E-state index in [-0.39, 0.29) is 0 Å². The van der Waals surface area contributed by atoms with Crippen LogP contribution in [-0.2, 0) is 0 Å². The lowest BCUT2D eigenvalue weighted by Crippen LogP contribution is -2.20. The van der Waals surface area contributed by atoms with Crippen LogP contribution < -0.4 is 4.74 Å². The first-order valence-corrected chi connectivity index (χ1v) is 5.79. The summed E-state index contributed by atoms with van der Waals surface area (Å²) in [4.78, 5) is 0. The number of hydrogen-bond acceptors (Lipinski definition) is 3. The number of halogens is 1. The van der Waals surface area contributed by atoms with E-state index in [1.807, 2.05) is 19.1 Å². The zero-order valence-corrected chi connectivity index (χ0v) is 10.4. The molecule has 0 aromatic heterocycles. The molecule has 0 heterocycles. The summed E-state index contributed by atoms with van der Waals surface area (Å²) in [6.45, 7) is 1.89. The molecule has 1 aromatic rings. The van der Waals surface area contributed by atoms with E-state index in [2.05, 4.69) is 15.9 Å². The third kappa shape index (κ3) is 2.93. The Hall–Kier alpha value is -0.580. The molecule has 3 nitrogen and oxygen atoms in total. The van der Waals surface area contributed by atoms with Crippen molar-refractivity contribution in [3.63, 3.8) is 0 Å². The SMILES string of the molecule is COc1ccc(C)c(C(O)C(O)CBr)c1. The van der Waals surface area contributed by atoms with Crippen LogP contribution in [0.2, 0.25) is 0 Å². The molecule has 1 rings (SSSR count). The highest BCUT2D eigenvalue weighted by Gasteiger charge is 2.19. The van der Waals surface area contributed by atoms with E-state index in [9.17, 15) is 10.2 Å². The van der Waals surface area contributed by atoms with Crippen LogP contribution in [0.4, 0.5) is 0 Å². The van der Waals surface area contributed by atoms with Crippen LogP contribution in [0.1, 0.15) is 17.2 Å². The highest BCUT2D eigenvalue weighted by molar-refractivity contribution is 9.09. The van der Waals surface area contributed by atoms with E-state index in [0.717, 1.165) is 5.56 Å². The zero-order valence-electron chi connectivity index (χ0n) is 8.77. The molecule has 84 valence electrons. The lowest BCUT2D eigenvalue weighted by atomic mass is 10.00. The fraction of sp³-hybridized carbons (Fsp3) is 0.455. The van der Waals surface area contributed by atoms with E-state index in [0.29, 0.717) is 16.6 Å². The minimum absolute atomic E-state index is 0.338. The molecule has 2 atom stereocenters. The Morgan fingerprint density at radius 1 is 1.40 bits per heavy atom. The Balaban J connectivity index is 3.01. The van der Waals surface area contributed by atoms with Gasteiger partial charge in [-0.15, -0.1) is 0 Å². The minimum Gasteiger partial charge on any atom is -0.497 e. The van der Waals surface area contributed by atoms with Gasteiger partial charge in [0.2, 0.25) is 0 Å². The number of aryl methyl sites for hydroxylation is 1. The molecule has 0 saturated carbocycles. The molecule has 1 aromatic carbocycles. The van der Waals surface area contributed by atoms with Crippen molar-refractivity contribution in [2.24, 2.45) is 0 Å². The number of aliphatic hydroxyl groups is 2. The third-order valence-corrected chi connectivity index (χ3v) is 2.99. The van der Waals surface area contributed by atoms with Crippen LogP contribution >= 0.6 is 15.9 Å². The molecule has 0 fully saturated rings. The van der Waals surface area contributed by atoms with Gasteiger partial charge in [-0.25, -0.2) is 0 Å². The molecule has 0 amide bonds. The van der Waals surface area contributed by atoms with Gasteiger partial charge in [-0.1, -0.05) is 22.0 Å². The molecule has 2 N–H and O–H groups in total. The quantitative estimate of drug-likeness (QED) is 0.824. The number of aliphatic hydroxyl groups excluding tert-OH is 2. The van der Waals surface area contributed by atoms with Gasteiger partial charge < -0.3 is 14.9 Å². The fourth-order valence-electron chi connectivity index (χ4n) is 1.36. The molecule has 0 bridgehead atoms. The van der Waals surface area contributed by atoms with Crippen molar-refractivity contribution in [3.8, 4) is 5.75 Å². The number of hydrogen-bond donors (Lipinski definition) is 2. The maximum absolute atomic E-state index is 9.85. The summed E-state index contributed by atoms with van der Waals surface area (Å²) >= 11 is 3.13. The third-order valence-electron chi connectivity index (χ3n) is 2.33. The van der Waals surface area contributed by atoms with Crippen molar-refractivity contribution in [1.82, 2.24) is 0 Å². The Labute approximate surface area is 97.8 Å². The number of alkyl halides is 1. The molecule has 0 aliphatic rings. The predicted molar refractivity (Wildman–Crippen MR) is 62.5 cm³/mol. The standard InChI is InChI=1S/C11H15BrO3/c1-7-3-4-8(15-2)5-9(7)11(14)10(13)6-12/h3-5,10-11,13-14H,6H2,1-2H3. The summed E-state index contributed by atoms with van der Waals surface area (Å²) < 4.78 is 5.07. The Bertz CT molecular complexity index is 328. The van der Waals surface area contributed by atoms with Gasteiger partial charge in [0.05, 0.1) is 13.2 Å². The molecule has 0 aliphatic carbocycles. The second-order valence-electron chi connectivity index (χ2n) is 3.39. The predicted octanol–water partition coefficient (Wildman–Crippen LogP) is 1.79.